The van der Waals surface area contributed by atoms with Crippen molar-refractivity contribution >= 4 is 17.4 Å². The van der Waals surface area contributed by atoms with Crippen LogP contribution in [-0.4, -0.2) is 63.2 Å². The molecule has 5 nitrogen and oxygen atoms in total. The second-order valence-corrected chi connectivity index (χ2v) is 8.84. The normalized spacial score (nSPS) is 14.7. The first-order chi connectivity index (χ1) is 11.1. The van der Waals surface area contributed by atoms with Crippen LogP contribution in [0.15, 0.2) is 17.5 Å². The Morgan fingerprint density at radius 3 is 2.38 bits per heavy atom. The van der Waals surface area contributed by atoms with Gasteiger partial charge in [-0.05, 0) is 58.0 Å². The molecule has 2 N–H and O–H groups in total. The lowest BCUT2D eigenvalue weighted by atomic mass is 9.84. The quantitative estimate of drug-likeness (QED) is 0.754. The van der Waals surface area contributed by atoms with Crippen LogP contribution in [-0.2, 0) is 0 Å². The van der Waals surface area contributed by atoms with Gasteiger partial charge in [-0.15, -0.1) is 11.3 Å². The molecule has 0 aliphatic carbocycles. The van der Waals surface area contributed by atoms with Crippen molar-refractivity contribution < 1.29 is 4.79 Å². The number of nitrogens with one attached hydrogen (secondary N) is 2. The third-order valence-corrected chi connectivity index (χ3v) is 5.14. The number of carbonyl (C=O) groups is 1. The highest BCUT2D eigenvalue weighted by Crippen LogP contribution is 2.23. The van der Waals surface area contributed by atoms with Gasteiger partial charge in [0.25, 0.3) is 0 Å². The van der Waals surface area contributed by atoms with Crippen LogP contribution in [0.3, 0.4) is 0 Å². The zero-order valence-corrected chi connectivity index (χ0v) is 17.0. The summed E-state index contributed by atoms with van der Waals surface area (Å²) in [6.45, 7) is 8.06. The molecule has 0 fully saturated rings. The molecular weight excluding hydrogens is 320 g/mol. The summed E-state index contributed by atoms with van der Waals surface area (Å²) in [4.78, 5) is 17.9. The molecular formula is C18H34N4OS. The van der Waals surface area contributed by atoms with Gasteiger partial charge in [-0.2, -0.15) is 0 Å². The number of hydrogen-bond acceptors (Lipinski definition) is 4. The summed E-state index contributed by atoms with van der Waals surface area (Å²) in [6, 6.07) is 4.42. The van der Waals surface area contributed by atoms with Crippen LogP contribution in [0, 0.1) is 5.41 Å². The summed E-state index contributed by atoms with van der Waals surface area (Å²) >= 11 is 1.72. The van der Waals surface area contributed by atoms with Gasteiger partial charge in [0.1, 0.15) is 0 Å². The molecule has 1 heterocycles. The summed E-state index contributed by atoms with van der Waals surface area (Å²) in [5, 5.41) is 8.28. The smallest absolute Gasteiger partial charge is 0.315 e. The van der Waals surface area contributed by atoms with Crippen molar-refractivity contribution in [1.29, 1.82) is 0 Å². The maximum Gasteiger partial charge on any atom is 0.315 e. The largest absolute Gasteiger partial charge is 0.336 e. The molecule has 0 saturated carbocycles. The summed E-state index contributed by atoms with van der Waals surface area (Å²) < 4.78 is 0. The topological polar surface area (TPSA) is 47.6 Å². The Balaban J connectivity index is 2.58. The molecule has 0 aliphatic heterocycles. The molecule has 1 aromatic rings. The molecule has 0 aromatic carbocycles. The van der Waals surface area contributed by atoms with E-state index in [0.717, 1.165) is 13.0 Å². The fraction of sp³-hybridized carbons (Fsp3) is 0.722. The molecule has 0 saturated heterocycles. The van der Waals surface area contributed by atoms with E-state index >= 15 is 0 Å². The Morgan fingerprint density at radius 2 is 1.92 bits per heavy atom. The highest BCUT2D eigenvalue weighted by molar-refractivity contribution is 7.10. The van der Waals surface area contributed by atoms with E-state index in [-0.39, 0.29) is 23.5 Å². The van der Waals surface area contributed by atoms with Crippen LogP contribution in [0.1, 0.15) is 38.1 Å². The van der Waals surface area contributed by atoms with Crippen molar-refractivity contribution in [3.8, 4) is 0 Å². The first-order valence-corrected chi connectivity index (χ1v) is 9.38. The van der Waals surface area contributed by atoms with Crippen LogP contribution < -0.4 is 10.6 Å². The third kappa shape index (κ3) is 7.20. The minimum atomic E-state index is -0.0860. The molecule has 1 rings (SSSR count). The number of rotatable bonds is 8. The lowest BCUT2D eigenvalue weighted by Crippen LogP contribution is -2.50. The average molecular weight is 355 g/mol. The second kappa shape index (κ2) is 9.39. The molecule has 6 heteroatoms. The molecule has 0 radical (unpaired) electrons. The molecule has 0 aliphatic rings. The Bertz CT molecular complexity index is 480. The van der Waals surface area contributed by atoms with Crippen LogP contribution in [0.25, 0.3) is 0 Å². The Kier molecular flexibility index (Phi) is 8.19. The van der Waals surface area contributed by atoms with Crippen molar-refractivity contribution in [2.24, 2.45) is 5.41 Å². The number of likely N-dealkylation sites (N-methyl/N-ethyl adjacent to an activating group) is 1. The summed E-state index contributed by atoms with van der Waals surface area (Å²) in [6.07, 6.45) is 0.936. The van der Waals surface area contributed by atoms with E-state index in [1.54, 1.807) is 11.3 Å². The van der Waals surface area contributed by atoms with Gasteiger partial charge in [0.15, 0.2) is 0 Å². The Labute approximate surface area is 151 Å². The van der Waals surface area contributed by atoms with E-state index in [2.05, 4.69) is 66.7 Å². The lowest BCUT2D eigenvalue weighted by molar-refractivity contribution is 0.203. The zero-order valence-electron chi connectivity index (χ0n) is 16.2. The maximum absolute atomic E-state index is 12.4. The monoisotopic (exact) mass is 354 g/mol. The lowest BCUT2D eigenvalue weighted by Gasteiger charge is -2.33. The molecule has 2 amide bonds. The van der Waals surface area contributed by atoms with Crippen LogP contribution >= 0.6 is 11.3 Å². The van der Waals surface area contributed by atoms with Gasteiger partial charge >= 0.3 is 6.03 Å². The predicted molar refractivity (Wildman–Crippen MR) is 104 cm³/mol. The second-order valence-electron chi connectivity index (χ2n) is 7.86. The van der Waals surface area contributed by atoms with Crippen molar-refractivity contribution in [1.82, 2.24) is 20.4 Å². The van der Waals surface area contributed by atoms with E-state index in [1.165, 1.54) is 4.88 Å². The van der Waals surface area contributed by atoms with Crippen molar-refractivity contribution in [3.05, 3.63) is 22.4 Å². The first-order valence-electron chi connectivity index (χ1n) is 8.50. The number of hydrogen-bond donors (Lipinski definition) is 2. The van der Waals surface area contributed by atoms with E-state index in [4.69, 9.17) is 0 Å². The third-order valence-electron chi connectivity index (χ3n) is 4.17. The minimum absolute atomic E-state index is 0.0298. The fourth-order valence-electron chi connectivity index (χ4n) is 2.53. The van der Waals surface area contributed by atoms with E-state index in [0.29, 0.717) is 6.54 Å². The molecule has 0 unspecified atom stereocenters. The van der Waals surface area contributed by atoms with Gasteiger partial charge in [0, 0.05) is 17.5 Å². The molecule has 0 spiro atoms. The maximum atomic E-state index is 12.4. The summed E-state index contributed by atoms with van der Waals surface area (Å²) in [7, 11) is 8.20. The van der Waals surface area contributed by atoms with Gasteiger partial charge in [0.2, 0.25) is 0 Å². The fourth-order valence-corrected chi connectivity index (χ4v) is 3.45. The SMILES string of the molecule is CN(C)CC[C@@H](NC(=O)NC[C@@H](c1cccs1)N(C)C)C(C)(C)C. The molecule has 2 atom stereocenters. The van der Waals surface area contributed by atoms with Gasteiger partial charge in [-0.25, -0.2) is 4.79 Å². The number of urea groups is 1. The van der Waals surface area contributed by atoms with Crippen molar-refractivity contribution in [2.45, 2.75) is 39.3 Å². The number of amides is 2. The first kappa shape index (κ1) is 20.9. The highest BCUT2D eigenvalue weighted by Gasteiger charge is 2.26. The van der Waals surface area contributed by atoms with Crippen LogP contribution in [0.4, 0.5) is 4.79 Å². The molecule has 138 valence electrons. The van der Waals surface area contributed by atoms with Gasteiger partial charge in [0.05, 0.1) is 6.04 Å². The average Bonchev–Trinajstić information content (AvgIpc) is 2.95. The van der Waals surface area contributed by atoms with Crippen LogP contribution in [0.5, 0.6) is 0 Å². The Hall–Kier alpha value is -1.11. The number of nitrogens with zero attached hydrogens (tertiary/aromatic N) is 2. The van der Waals surface area contributed by atoms with E-state index < -0.39 is 0 Å². The Morgan fingerprint density at radius 1 is 1.25 bits per heavy atom. The molecule has 0 bridgehead atoms. The number of carbonyl (C=O) groups excluding carboxylic acids is 1. The molecule has 24 heavy (non-hydrogen) atoms. The van der Waals surface area contributed by atoms with Crippen molar-refractivity contribution in [2.75, 3.05) is 41.3 Å². The zero-order chi connectivity index (χ0) is 18.3. The van der Waals surface area contributed by atoms with E-state index in [9.17, 15) is 4.79 Å². The predicted octanol–water partition coefficient (Wildman–Crippen LogP) is 3.02. The van der Waals surface area contributed by atoms with E-state index in [1.807, 2.05) is 20.2 Å². The minimum Gasteiger partial charge on any atom is -0.336 e. The number of thiophene rings is 1. The van der Waals surface area contributed by atoms with Gasteiger partial charge in [-0.3, -0.25) is 0 Å². The molecule has 1 aromatic heterocycles. The standard InChI is InChI=1S/C18H34N4OS/c1-18(2,3)16(10-11-21(4)5)20-17(23)19-13-14(22(6)7)15-9-8-12-24-15/h8-9,12,14,16H,10-11,13H2,1-7H3,(H2,19,20,23)/t14-,16+/m0/s1. The summed E-state index contributed by atoms with van der Waals surface area (Å²) in [5.74, 6) is 0. The van der Waals surface area contributed by atoms with Crippen molar-refractivity contribution in [3.63, 3.8) is 0 Å². The highest BCUT2D eigenvalue weighted by atomic mass is 32.1. The van der Waals surface area contributed by atoms with Gasteiger partial charge in [-0.1, -0.05) is 26.8 Å². The van der Waals surface area contributed by atoms with Gasteiger partial charge < -0.3 is 20.4 Å². The summed E-state index contributed by atoms with van der Waals surface area (Å²) in [5.41, 5.74) is 0.0298. The van der Waals surface area contributed by atoms with Crippen LogP contribution in [0.2, 0.25) is 0 Å².